The Labute approximate surface area is 86.2 Å². The lowest BCUT2D eigenvalue weighted by molar-refractivity contribution is 0.0613. The van der Waals surface area contributed by atoms with Gasteiger partial charge in [-0.25, -0.2) is 4.98 Å². The lowest BCUT2D eigenvalue weighted by Gasteiger charge is -2.04. The molecule has 13 heavy (non-hydrogen) atoms. The maximum atomic E-state index is 5.35. The molecule has 0 amide bonds. The standard InChI is InChI=1S/C9H12BrNO2/c1-12-5-6-13-7-8-3-2-4-11-9(8)10/h2-4H,5-7H2,1H3. The predicted molar refractivity (Wildman–Crippen MR) is 53.5 cm³/mol. The number of rotatable bonds is 5. The number of methoxy groups -OCH3 is 1. The van der Waals surface area contributed by atoms with E-state index in [9.17, 15) is 0 Å². The fraction of sp³-hybridized carbons (Fsp3) is 0.444. The molecule has 1 rings (SSSR count). The van der Waals surface area contributed by atoms with Crippen LogP contribution in [-0.4, -0.2) is 25.3 Å². The first kappa shape index (κ1) is 10.6. The SMILES string of the molecule is COCCOCc1cccnc1Br. The minimum Gasteiger partial charge on any atom is -0.382 e. The quantitative estimate of drug-likeness (QED) is 0.588. The van der Waals surface area contributed by atoms with Crippen molar-refractivity contribution in [2.24, 2.45) is 0 Å². The highest BCUT2D eigenvalue weighted by atomic mass is 79.9. The van der Waals surface area contributed by atoms with Crippen molar-refractivity contribution in [3.8, 4) is 0 Å². The molecule has 3 nitrogen and oxygen atoms in total. The molecule has 0 unspecified atom stereocenters. The summed E-state index contributed by atoms with van der Waals surface area (Å²) in [5.74, 6) is 0. The zero-order chi connectivity index (χ0) is 9.52. The third-order valence-corrected chi connectivity index (χ3v) is 2.24. The van der Waals surface area contributed by atoms with Gasteiger partial charge in [0.15, 0.2) is 0 Å². The highest BCUT2D eigenvalue weighted by molar-refractivity contribution is 9.10. The first-order chi connectivity index (χ1) is 6.34. The summed E-state index contributed by atoms with van der Waals surface area (Å²) < 4.78 is 11.0. The molecule has 1 heterocycles. The first-order valence-corrected chi connectivity index (χ1v) is 4.80. The molecule has 72 valence electrons. The van der Waals surface area contributed by atoms with E-state index in [2.05, 4.69) is 20.9 Å². The van der Waals surface area contributed by atoms with E-state index in [-0.39, 0.29) is 0 Å². The summed E-state index contributed by atoms with van der Waals surface area (Å²) in [4.78, 5) is 4.08. The number of aromatic nitrogens is 1. The summed E-state index contributed by atoms with van der Waals surface area (Å²) in [6, 6.07) is 3.86. The molecule has 0 atom stereocenters. The van der Waals surface area contributed by atoms with Gasteiger partial charge in [-0.2, -0.15) is 0 Å². The monoisotopic (exact) mass is 245 g/mol. The second-order valence-corrected chi connectivity index (χ2v) is 3.25. The van der Waals surface area contributed by atoms with Gasteiger partial charge < -0.3 is 9.47 Å². The smallest absolute Gasteiger partial charge is 0.111 e. The molecule has 0 aliphatic rings. The van der Waals surface area contributed by atoms with Crippen LogP contribution in [0.1, 0.15) is 5.56 Å². The lowest BCUT2D eigenvalue weighted by atomic mass is 10.3. The number of halogens is 1. The van der Waals surface area contributed by atoms with E-state index in [0.29, 0.717) is 19.8 Å². The molecule has 4 heteroatoms. The van der Waals surface area contributed by atoms with Gasteiger partial charge in [-0.3, -0.25) is 0 Å². The Hall–Kier alpha value is -0.450. The average molecular weight is 246 g/mol. The minimum atomic E-state index is 0.567. The van der Waals surface area contributed by atoms with Gasteiger partial charge in [0.1, 0.15) is 4.60 Å². The van der Waals surface area contributed by atoms with E-state index in [1.165, 1.54) is 0 Å². The molecule has 0 N–H and O–H groups in total. The Balaban J connectivity index is 2.32. The third-order valence-electron chi connectivity index (χ3n) is 1.53. The van der Waals surface area contributed by atoms with E-state index in [4.69, 9.17) is 9.47 Å². The van der Waals surface area contributed by atoms with Crippen molar-refractivity contribution in [2.75, 3.05) is 20.3 Å². The fourth-order valence-electron chi connectivity index (χ4n) is 0.851. The van der Waals surface area contributed by atoms with Crippen LogP contribution in [0.25, 0.3) is 0 Å². The fourth-order valence-corrected chi connectivity index (χ4v) is 1.22. The molecule has 0 bridgehead atoms. The van der Waals surface area contributed by atoms with Crippen LogP contribution in [0.3, 0.4) is 0 Å². The van der Waals surface area contributed by atoms with Gasteiger partial charge in [-0.05, 0) is 22.0 Å². The summed E-state index contributed by atoms with van der Waals surface area (Å²) in [5, 5.41) is 0. The number of nitrogens with zero attached hydrogens (tertiary/aromatic N) is 1. The van der Waals surface area contributed by atoms with Gasteiger partial charge >= 0.3 is 0 Å². The molecule has 0 saturated carbocycles. The summed E-state index contributed by atoms with van der Waals surface area (Å²) in [6.45, 7) is 1.80. The van der Waals surface area contributed by atoms with Crippen LogP contribution in [0.4, 0.5) is 0 Å². The molecular formula is C9H12BrNO2. The van der Waals surface area contributed by atoms with Crippen molar-refractivity contribution in [3.05, 3.63) is 28.5 Å². The van der Waals surface area contributed by atoms with Crippen LogP contribution in [0.5, 0.6) is 0 Å². The zero-order valence-electron chi connectivity index (χ0n) is 7.50. The Morgan fingerprint density at radius 2 is 2.31 bits per heavy atom. The molecule has 0 aliphatic carbocycles. The van der Waals surface area contributed by atoms with E-state index in [1.807, 2.05) is 12.1 Å². The van der Waals surface area contributed by atoms with Crippen molar-refractivity contribution in [3.63, 3.8) is 0 Å². The third kappa shape index (κ3) is 3.85. The number of pyridine rings is 1. The summed E-state index contributed by atoms with van der Waals surface area (Å²) in [5.41, 5.74) is 1.05. The van der Waals surface area contributed by atoms with Crippen LogP contribution in [0.2, 0.25) is 0 Å². The molecule has 0 saturated heterocycles. The van der Waals surface area contributed by atoms with Gasteiger partial charge in [0, 0.05) is 18.9 Å². The molecular weight excluding hydrogens is 234 g/mol. The van der Waals surface area contributed by atoms with Gasteiger partial charge in [-0.1, -0.05) is 6.07 Å². The van der Waals surface area contributed by atoms with Crippen LogP contribution < -0.4 is 0 Å². The molecule has 0 fully saturated rings. The molecule has 0 aliphatic heterocycles. The van der Waals surface area contributed by atoms with E-state index in [0.717, 1.165) is 10.2 Å². The number of ether oxygens (including phenoxy) is 2. The Bertz CT molecular complexity index is 255. The van der Waals surface area contributed by atoms with Crippen LogP contribution in [0.15, 0.2) is 22.9 Å². The van der Waals surface area contributed by atoms with Crippen molar-refractivity contribution in [1.29, 1.82) is 0 Å². The highest BCUT2D eigenvalue weighted by Crippen LogP contribution is 2.12. The van der Waals surface area contributed by atoms with Gasteiger partial charge in [-0.15, -0.1) is 0 Å². The largest absolute Gasteiger partial charge is 0.382 e. The molecule has 0 spiro atoms. The predicted octanol–water partition coefficient (Wildman–Crippen LogP) is 2.01. The number of hydrogen-bond acceptors (Lipinski definition) is 3. The van der Waals surface area contributed by atoms with E-state index in [1.54, 1.807) is 13.3 Å². The zero-order valence-corrected chi connectivity index (χ0v) is 9.08. The van der Waals surface area contributed by atoms with Crippen molar-refractivity contribution < 1.29 is 9.47 Å². The normalized spacial score (nSPS) is 10.3. The van der Waals surface area contributed by atoms with Crippen LogP contribution in [0, 0.1) is 0 Å². The molecule has 0 radical (unpaired) electrons. The average Bonchev–Trinajstić information content (AvgIpc) is 2.15. The van der Waals surface area contributed by atoms with Crippen molar-refractivity contribution in [2.45, 2.75) is 6.61 Å². The molecule has 1 aromatic rings. The summed E-state index contributed by atoms with van der Waals surface area (Å²) >= 11 is 3.34. The minimum absolute atomic E-state index is 0.567. The van der Waals surface area contributed by atoms with E-state index >= 15 is 0 Å². The second kappa shape index (κ2) is 6.07. The Kier molecular flexibility index (Phi) is 4.97. The Morgan fingerprint density at radius 3 is 3.00 bits per heavy atom. The van der Waals surface area contributed by atoms with E-state index < -0.39 is 0 Å². The van der Waals surface area contributed by atoms with Crippen molar-refractivity contribution >= 4 is 15.9 Å². The van der Waals surface area contributed by atoms with Gasteiger partial charge in [0.05, 0.1) is 19.8 Å². The summed E-state index contributed by atoms with van der Waals surface area (Å²) in [7, 11) is 1.66. The van der Waals surface area contributed by atoms with Crippen LogP contribution in [-0.2, 0) is 16.1 Å². The van der Waals surface area contributed by atoms with Gasteiger partial charge in [0.2, 0.25) is 0 Å². The highest BCUT2D eigenvalue weighted by Gasteiger charge is 1.98. The topological polar surface area (TPSA) is 31.4 Å². The summed E-state index contributed by atoms with van der Waals surface area (Å²) in [6.07, 6.45) is 1.74. The Morgan fingerprint density at radius 1 is 1.46 bits per heavy atom. The second-order valence-electron chi connectivity index (χ2n) is 2.50. The van der Waals surface area contributed by atoms with Crippen molar-refractivity contribution in [1.82, 2.24) is 4.98 Å². The van der Waals surface area contributed by atoms with Gasteiger partial charge in [0.25, 0.3) is 0 Å². The maximum Gasteiger partial charge on any atom is 0.111 e. The molecule has 1 aromatic heterocycles. The first-order valence-electron chi connectivity index (χ1n) is 4.00. The maximum absolute atomic E-state index is 5.35. The van der Waals surface area contributed by atoms with Crippen LogP contribution >= 0.6 is 15.9 Å². The lowest BCUT2D eigenvalue weighted by Crippen LogP contribution is -2.02. The molecule has 0 aromatic carbocycles. The number of hydrogen-bond donors (Lipinski definition) is 0.